The van der Waals surface area contributed by atoms with Crippen LogP contribution in [0.5, 0.6) is 0 Å². The van der Waals surface area contributed by atoms with E-state index < -0.39 is 0 Å². The molecular weight excluding hydrogens is 1410 g/mol. The lowest BCUT2D eigenvalue weighted by molar-refractivity contribution is 0.541. The predicted octanol–water partition coefficient (Wildman–Crippen LogP) is 30.0. The Balaban J connectivity index is 1.19. The predicted molar refractivity (Wildman–Crippen MR) is 504 cm³/mol. The molecule has 0 bridgehead atoms. The van der Waals surface area contributed by atoms with Gasteiger partial charge in [0.05, 0.1) is 38.7 Å². The second-order valence-electron chi connectivity index (χ2n) is 33.6. The molecule has 13 aromatic rings. The zero-order chi connectivity index (χ0) is 81.1. The summed E-state index contributed by atoms with van der Waals surface area (Å²) in [6, 6.07) is 66.6. The summed E-state index contributed by atoms with van der Waals surface area (Å²) >= 11 is 0. The molecule has 117 heavy (non-hydrogen) atoms. The number of hydrogen-bond donors (Lipinski definition) is 0. The Kier molecular flexibility index (Phi) is 30.6. The highest BCUT2D eigenvalue weighted by Gasteiger charge is 2.30. The molecule has 0 aliphatic heterocycles. The molecule has 3 nitrogen and oxygen atoms in total. The van der Waals surface area contributed by atoms with Crippen molar-refractivity contribution in [1.82, 2.24) is 13.7 Å². The first kappa shape index (κ1) is 83.9. The van der Waals surface area contributed by atoms with Crippen molar-refractivity contribution in [2.75, 3.05) is 0 Å². The maximum Gasteiger partial charge on any atom is 0.0664 e. The van der Waals surface area contributed by atoms with Crippen LogP contribution in [0.2, 0.25) is 0 Å². The molecule has 3 heteroatoms. The van der Waals surface area contributed by atoms with Crippen LogP contribution in [0, 0.1) is 113 Å². The summed E-state index contributed by atoms with van der Waals surface area (Å²) in [7, 11) is 0. The fourth-order valence-corrected chi connectivity index (χ4v) is 17.0. The van der Waals surface area contributed by atoms with Crippen LogP contribution in [0.1, 0.15) is 314 Å². The highest BCUT2D eigenvalue weighted by atomic mass is 15.0. The van der Waals surface area contributed by atoms with Crippen molar-refractivity contribution in [2.45, 2.75) is 275 Å². The number of aryl methyl sites for hydroxylation is 9. The van der Waals surface area contributed by atoms with Gasteiger partial charge in [0.1, 0.15) is 0 Å². The van der Waals surface area contributed by atoms with Crippen LogP contribution in [0.3, 0.4) is 0 Å². The molecule has 3 aromatic heterocycles. The molecule has 0 saturated heterocycles. The summed E-state index contributed by atoms with van der Waals surface area (Å²) < 4.78 is 8.33. The molecule has 0 N–H and O–H groups in total. The molecule has 0 aliphatic carbocycles. The first-order chi connectivity index (χ1) is 57.4. The molecule has 0 unspecified atom stereocenters. The fraction of sp³-hybridized carbons (Fsp3) is 0.368. The van der Waals surface area contributed by atoms with Gasteiger partial charge in [-0.25, -0.2) is 0 Å². The summed E-state index contributed by atoms with van der Waals surface area (Å²) in [6.45, 7) is 22.3. The van der Waals surface area contributed by atoms with Gasteiger partial charge in [0, 0.05) is 113 Å². The molecule has 3 heterocycles. The van der Waals surface area contributed by atoms with E-state index in [0.29, 0.717) is 0 Å². The van der Waals surface area contributed by atoms with Crippen LogP contribution in [0.4, 0.5) is 0 Å². The van der Waals surface area contributed by atoms with Gasteiger partial charge in [-0.1, -0.05) is 377 Å². The van der Waals surface area contributed by atoms with Crippen LogP contribution in [0.15, 0.2) is 182 Å². The highest BCUT2D eigenvalue weighted by Crippen LogP contribution is 2.50. The van der Waals surface area contributed by atoms with E-state index in [1.165, 1.54) is 247 Å². The largest absolute Gasteiger partial charge is 0.340 e. The van der Waals surface area contributed by atoms with Gasteiger partial charge in [-0.15, -0.1) is 0 Å². The monoisotopic (exact) mass is 1530 g/mol. The maximum atomic E-state index is 4.00. The molecule has 0 atom stereocenters. The molecule has 0 saturated carbocycles. The lowest BCUT2D eigenvalue weighted by atomic mass is 9.97. The molecule has 0 spiro atoms. The molecule has 0 amide bonds. The van der Waals surface area contributed by atoms with Gasteiger partial charge in [0.15, 0.2) is 0 Å². The number of benzene rings is 10. The summed E-state index contributed by atoms with van der Waals surface area (Å²) in [5.41, 5.74) is 26.0. The number of fused-ring (bicyclic) bond motifs is 12. The third-order valence-electron chi connectivity index (χ3n) is 23.9. The molecule has 13 rings (SSSR count). The maximum absolute atomic E-state index is 4.00. The van der Waals surface area contributed by atoms with Crippen molar-refractivity contribution in [2.24, 2.45) is 0 Å². The van der Waals surface area contributed by atoms with E-state index in [4.69, 9.17) is 0 Å². The molecule has 10 aromatic carbocycles. The number of nitrogens with zero attached hydrogens (tertiary/aromatic N) is 3. The average Bonchev–Trinajstić information content (AvgIpc) is 1.51. The Labute approximate surface area is 702 Å². The number of unbranched alkanes of at least 4 members (excludes halogenated alkanes) is 27. The minimum Gasteiger partial charge on any atom is -0.340 e. The second-order valence-corrected chi connectivity index (χ2v) is 33.6. The molecule has 0 fully saturated rings. The fourth-order valence-electron chi connectivity index (χ4n) is 17.0. The van der Waals surface area contributed by atoms with Crippen molar-refractivity contribution in [3.05, 3.63) is 282 Å². The Morgan fingerprint density at radius 2 is 0.427 bits per heavy atom. The van der Waals surface area contributed by atoms with Crippen LogP contribution >= 0.6 is 0 Å². The Bertz CT molecular complexity index is 5880. The van der Waals surface area contributed by atoms with Crippen molar-refractivity contribution < 1.29 is 0 Å². The number of hydrogen-bond acceptors (Lipinski definition) is 0. The normalized spacial score (nSPS) is 11.2. The molecule has 0 aliphatic rings. The molecular formula is C114H123N3. The summed E-state index contributed by atoms with van der Waals surface area (Å²) in [4.78, 5) is 0. The lowest BCUT2D eigenvalue weighted by Gasteiger charge is -2.14. The minimum atomic E-state index is 0.798. The third kappa shape index (κ3) is 22.2. The van der Waals surface area contributed by atoms with Gasteiger partial charge in [0.25, 0.3) is 0 Å². The quantitative estimate of drug-likeness (QED) is 0.0288. The van der Waals surface area contributed by atoms with Gasteiger partial charge in [0.2, 0.25) is 0 Å². The lowest BCUT2D eigenvalue weighted by Crippen LogP contribution is -2.03. The van der Waals surface area contributed by atoms with E-state index in [2.05, 4.69) is 329 Å². The van der Waals surface area contributed by atoms with Gasteiger partial charge in [-0.2, -0.15) is 0 Å². The standard InChI is InChI=1S/C114H123N3/c1-10-13-16-19-22-25-28-31-34-37-78-115-106-83-100(73-67-94-58-46-88(7)47-59-94)98(71-65-92-54-42-86(5)43-55-92)81-104(106)109-112(115)108-103-77-75-97(70-64-91-52-40-85(4)41-53-91)102(76-69-96-62-50-90(9)51-63-96)111(103)117(80-39-36-33-30-27-24-21-18-15-12-3)114(108)110-105-82-99(72-66-93-56-44-87(6)45-57-93)101(74-68-95-60-48-89(8)49-61-95)84-107(105)116(113(109)110)79-38-35-32-29-26-23-20-17-14-11-2/h40-63,75,77,81-84H,10-39,78-80H2,1-9H3. The van der Waals surface area contributed by atoms with E-state index in [1.807, 2.05) is 0 Å². The van der Waals surface area contributed by atoms with Crippen LogP contribution in [0.25, 0.3) is 65.4 Å². The molecule has 0 radical (unpaired) electrons. The average molecular weight is 1540 g/mol. The number of aromatic nitrogens is 3. The van der Waals surface area contributed by atoms with Gasteiger partial charge >= 0.3 is 0 Å². The van der Waals surface area contributed by atoms with Crippen LogP contribution in [-0.2, 0) is 19.6 Å². The minimum absolute atomic E-state index is 0.798. The Morgan fingerprint density at radius 3 is 0.718 bits per heavy atom. The molecule has 594 valence electrons. The van der Waals surface area contributed by atoms with Crippen molar-refractivity contribution >= 4 is 65.4 Å². The van der Waals surface area contributed by atoms with Gasteiger partial charge in [-0.3, -0.25) is 0 Å². The smallest absolute Gasteiger partial charge is 0.0664 e. The zero-order valence-electron chi connectivity index (χ0n) is 72.0. The third-order valence-corrected chi connectivity index (χ3v) is 23.9. The van der Waals surface area contributed by atoms with E-state index in [0.717, 1.165) is 130 Å². The number of rotatable bonds is 33. The first-order valence-corrected chi connectivity index (χ1v) is 45.1. The Hall–Kier alpha value is -11.0. The first-order valence-electron chi connectivity index (χ1n) is 45.1. The second kappa shape index (κ2) is 42.7. The topological polar surface area (TPSA) is 14.8 Å². The summed E-state index contributed by atoms with van der Waals surface area (Å²) in [5, 5.41) is 7.34. The zero-order valence-corrected chi connectivity index (χ0v) is 72.0. The summed E-state index contributed by atoms with van der Waals surface area (Å²) in [6.07, 6.45) is 37.5. The van der Waals surface area contributed by atoms with Crippen LogP contribution < -0.4 is 0 Å². The van der Waals surface area contributed by atoms with Gasteiger partial charge < -0.3 is 13.7 Å². The van der Waals surface area contributed by atoms with Crippen molar-refractivity contribution in [1.29, 1.82) is 0 Å². The van der Waals surface area contributed by atoms with Crippen molar-refractivity contribution in [3.63, 3.8) is 0 Å². The van der Waals surface area contributed by atoms with Gasteiger partial charge in [-0.05, 0) is 164 Å². The van der Waals surface area contributed by atoms with Crippen molar-refractivity contribution in [3.8, 4) is 71.0 Å². The van der Waals surface area contributed by atoms with E-state index in [1.54, 1.807) is 0 Å². The van der Waals surface area contributed by atoms with E-state index in [9.17, 15) is 0 Å². The highest BCUT2D eigenvalue weighted by molar-refractivity contribution is 6.40. The van der Waals surface area contributed by atoms with Crippen LogP contribution in [-0.4, -0.2) is 13.7 Å². The Morgan fingerprint density at radius 1 is 0.197 bits per heavy atom. The van der Waals surface area contributed by atoms with E-state index in [-0.39, 0.29) is 0 Å². The summed E-state index contributed by atoms with van der Waals surface area (Å²) in [5.74, 6) is 45.5. The SMILES string of the molecule is CCCCCCCCCCCCn1c2cc(C#Cc3ccc(C)cc3)c(C#Cc3ccc(C)cc3)cc2c2c1c1c3ccc(C#Cc4ccc(C)cc4)c(C#Cc4ccc(C)cc4)c3n(CCCCCCCCCCCC)c1c1c3cc(C#Cc4ccc(C)cc4)c(C#Cc4ccc(C)cc4)cc3n(CCCCCCCCCCCC)c21. The van der Waals surface area contributed by atoms with E-state index >= 15 is 0 Å².